The lowest BCUT2D eigenvalue weighted by atomic mass is 10.0. The molecular weight excluding hydrogens is 332 g/mol. The van der Waals surface area contributed by atoms with Gasteiger partial charge in [0.15, 0.2) is 0 Å². The molecule has 2 nitrogen and oxygen atoms in total. The molecule has 0 saturated carbocycles. The Morgan fingerprint density at radius 1 is 0.917 bits per heavy atom. The fraction of sp³-hybridized carbons (Fsp3) is 0.200. The van der Waals surface area contributed by atoms with Gasteiger partial charge in [-0.1, -0.05) is 12.1 Å². The number of nitrogens with zero attached hydrogens (tertiary/aromatic N) is 2. The van der Waals surface area contributed by atoms with Crippen LogP contribution in [0.4, 0.5) is 0 Å². The van der Waals surface area contributed by atoms with Crippen molar-refractivity contribution in [1.29, 1.82) is 0 Å². The van der Waals surface area contributed by atoms with Gasteiger partial charge in [-0.15, -0.1) is 22.7 Å². The van der Waals surface area contributed by atoms with Gasteiger partial charge in [0.2, 0.25) is 0 Å². The topological polar surface area (TPSA) is 25.8 Å². The standard InChI is InChI=1S/C20H18N2S2/c1-12-6-16-5-4-15(8-19(16)23-12)7-17-9-20(24-13(17)2)18-10-21-14(3)22-11-18/h4-6,8-11H,7H2,1-3H3. The maximum absolute atomic E-state index is 4.31. The molecule has 0 N–H and O–H groups in total. The van der Waals surface area contributed by atoms with Crippen LogP contribution in [-0.4, -0.2) is 9.97 Å². The Morgan fingerprint density at radius 2 is 1.71 bits per heavy atom. The van der Waals surface area contributed by atoms with Crippen molar-refractivity contribution in [2.75, 3.05) is 0 Å². The third kappa shape index (κ3) is 2.99. The molecule has 0 saturated heterocycles. The van der Waals surface area contributed by atoms with Crippen LogP contribution in [0.15, 0.2) is 42.7 Å². The number of aryl methyl sites for hydroxylation is 3. The first-order valence-corrected chi connectivity index (χ1v) is 9.59. The molecule has 0 fully saturated rings. The van der Waals surface area contributed by atoms with Crippen LogP contribution in [0.25, 0.3) is 20.5 Å². The minimum atomic E-state index is 0.812. The molecule has 1 aromatic carbocycles. The molecule has 3 aromatic heterocycles. The zero-order valence-electron chi connectivity index (χ0n) is 14.0. The van der Waals surface area contributed by atoms with Crippen molar-refractivity contribution in [3.05, 3.63) is 69.4 Å². The molecular formula is C20H18N2S2. The fourth-order valence-corrected chi connectivity index (χ4v) is 4.90. The molecule has 24 heavy (non-hydrogen) atoms. The zero-order valence-corrected chi connectivity index (χ0v) is 15.6. The van der Waals surface area contributed by atoms with Crippen molar-refractivity contribution in [3.8, 4) is 10.4 Å². The number of hydrogen-bond donors (Lipinski definition) is 0. The van der Waals surface area contributed by atoms with E-state index < -0.39 is 0 Å². The third-order valence-corrected chi connectivity index (χ3v) is 6.34. The first-order chi connectivity index (χ1) is 11.6. The van der Waals surface area contributed by atoms with Crippen LogP contribution >= 0.6 is 22.7 Å². The Hall–Kier alpha value is -2.04. The van der Waals surface area contributed by atoms with Crippen molar-refractivity contribution in [2.45, 2.75) is 27.2 Å². The molecule has 3 heterocycles. The SMILES string of the molecule is Cc1ncc(-c2cc(Cc3ccc4cc(C)sc4c3)c(C)s2)cn1. The van der Waals surface area contributed by atoms with Crippen LogP contribution < -0.4 is 0 Å². The molecule has 0 spiro atoms. The van der Waals surface area contributed by atoms with E-state index in [0.717, 1.165) is 17.8 Å². The maximum Gasteiger partial charge on any atom is 0.125 e. The van der Waals surface area contributed by atoms with Crippen LogP contribution in [0.2, 0.25) is 0 Å². The summed E-state index contributed by atoms with van der Waals surface area (Å²) in [6.45, 7) is 6.28. The van der Waals surface area contributed by atoms with Gasteiger partial charge in [-0.2, -0.15) is 0 Å². The minimum absolute atomic E-state index is 0.812. The minimum Gasteiger partial charge on any atom is -0.241 e. The van der Waals surface area contributed by atoms with E-state index in [0.29, 0.717) is 0 Å². The summed E-state index contributed by atoms with van der Waals surface area (Å²) in [7, 11) is 0. The molecule has 4 rings (SSSR count). The molecule has 0 aliphatic carbocycles. The van der Waals surface area contributed by atoms with Crippen LogP contribution in [0.3, 0.4) is 0 Å². The van der Waals surface area contributed by atoms with E-state index in [-0.39, 0.29) is 0 Å². The largest absolute Gasteiger partial charge is 0.241 e. The summed E-state index contributed by atoms with van der Waals surface area (Å²) in [5, 5.41) is 1.35. The lowest BCUT2D eigenvalue weighted by Crippen LogP contribution is -1.87. The average molecular weight is 351 g/mol. The summed E-state index contributed by atoms with van der Waals surface area (Å²) in [6, 6.07) is 11.4. The van der Waals surface area contributed by atoms with Crippen LogP contribution in [-0.2, 0) is 6.42 Å². The Labute approximate surface area is 149 Å². The molecule has 4 aromatic rings. The highest BCUT2D eigenvalue weighted by Gasteiger charge is 2.10. The molecule has 0 aliphatic rings. The first-order valence-electron chi connectivity index (χ1n) is 7.96. The van der Waals surface area contributed by atoms with E-state index >= 15 is 0 Å². The highest BCUT2D eigenvalue weighted by molar-refractivity contribution is 7.19. The van der Waals surface area contributed by atoms with Gasteiger partial charge < -0.3 is 0 Å². The Kier molecular flexibility index (Phi) is 3.94. The summed E-state index contributed by atoms with van der Waals surface area (Å²) >= 11 is 3.69. The van der Waals surface area contributed by atoms with E-state index in [9.17, 15) is 0 Å². The quantitative estimate of drug-likeness (QED) is 0.457. The number of benzene rings is 1. The monoisotopic (exact) mass is 350 g/mol. The van der Waals surface area contributed by atoms with Crippen molar-refractivity contribution in [1.82, 2.24) is 9.97 Å². The molecule has 0 bridgehead atoms. The van der Waals surface area contributed by atoms with Gasteiger partial charge in [0, 0.05) is 37.3 Å². The van der Waals surface area contributed by atoms with Crippen molar-refractivity contribution in [2.24, 2.45) is 0 Å². The van der Waals surface area contributed by atoms with Gasteiger partial charge in [0.1, 0.15) is 5.82 Å². The van der Waals surface area contributed by atoms with Crippen molar-refractivity contribution in [3.63, 3.8) is 0 Å². The molecule has 0 aliphatic heterocycles. The van der Waals surface area contributed by atoms with E-state index in [2.05, 4.69) is 54.1 Å². The number of aromatic nitrogens is 2. The second kappa shape index (κ2) is 6.11. The van der Waals surface area contributed by atoms with E-state index in [4.69, 9.17) is 0 Å². The van der Waals surface area contributed by atoms with Crippen molar-refractivity contribution < 1.29 is 0 Å². The van der Waals surface area contributed by atoms with E-state index in [1.807, 2.05) is 42.0 Å². The molecule has 0 unspecified atom stereocenters. The number of fused-ring (bicyclic) bond motifs is 1. The smallest absolute Gasteiger partial charge is 0.125 e. The van der Waals surface area contributed by atoms with Crippen LogP contribution in [0, 0.1) is 20.8 Å². The van der Waals surface area contributed by atoms with Crippen molar-refractivity contribution >= 4 is 32.8 Å². The van der Waals surface area contributed by atoms with Gasteiger partial charge in [-0.3, -0.25) is 0 Å². The second-order valence-corrected chi connectivity index (χ2v) is 8.66. The molecule has 4 heteroatoms. The predicted octanol–water partition coefficient (Wildman–Crippen LogP) is 5.94. The van der Waals surface area contributed by atoms with Gasteiger partial charge >= 0.3 is 0 Å². The Morgan fingerprint density at radius 3 is 2.50 bits per heavy atom. The molecule has 0 atom stereocenters. The Bertz CT molecular complexity index is 1010. The lowest BCUT2D eigenvalue weighted by Gasteiger charge is -2.01. The molecule has 0 amide bonds. The van der Waals surface area contributed by atoms with Gasteiger partial charge in [-0.05, 0) is 61.9 Å². The highest BCUT2D eigenvalue weighted by atomic mass is 32.1. The van der Waals surface area contributed by atoms with Gasteiger partial charge in [0.25, 0.3) is 0 Å². The van der Waals surface area contributed by atoms with Crippen LogP contribution in [0.5, 0.6) is 0 Å². The maximum atomic E-state index is 4.31. The summed E-state index contributed by atoms with van der Waals surface area (Å²) in [6.07, 6.45) is 4.80. The number of thiophene rings is 2. The predicted molar refractivity (Wildman–Crippen MR) is 104 cm³/mol. The summed E-state index contributed by atoms with van der Waals surface area (Å²) in [4.78, 5) is 12.6. The molecule has 120 valence electrons. The summed E-state index contributed by atoms with van der Waals surface area (Å²) < 4.78 is 1.38. The van der Waals surface area contributed by atoms with Gasteiger partial charge in [0.05, 0.1) is 0 Å². The third-order valence-electron chi connectivity index (χ3n) is 4.19. The zero-order chi connectivity index (χ0) is 16.7. The lowest BCUT2D eigenvalue weighted by molar-refractivity contribution is 1.06. The summed E-state index contributed by atoms with van der Waals surface area (Å²) in [5.74, 6) is 0.812. The highest BCUT2D eigenvalue weighted by Crippen LogP contribution is 2.33. The average Bonchev–Trinajstić information content (AvgIpc) is 3.10. The molecule has 0 radical (unpaired) electrons. The number of hydrogen-bond acceptors (Lipinski definition) is 4. The normalized spacial score (nSPS) is 11.3. The Balaban J connectivity index is 1.65. The van der Waals surface area contributed by atoms with Gasteiger partial charge in [-0.25, -0.2) is 9.97 Å². The fourth-order valence-electron chi connectivity index (χ4n) is 2.90. The number of rotatable bonds is 3. The van der Waals surface area contributed by atoms with E-state index in [1.54, 1.807) is 0 Å². The summed E-state index contributed by atoms with van der Waals surface area (Å²) in [5.41, 5.74) is 3.87. The first kappa shape index (κ1) is 15.5. The van der Waals surface area contributed by atoms with E-state index in [1.165, 1.54) is 35.8 Å². The second-order valence-electron chi connectivity index (χ2n) is 6.12. The van der Waals surface area contributed by atoms with Crippen LogP contribution in [0.1, 0.15) is 26.7 Å².